The summed E-state index contributed by atoms with van der Waals surface area (Å²) in [7, 11) is -4.70. The molecule has 1 saturated heterocycles. The Kier molecular flexibility index (Phi) is 12.8. The zero-order chi connectivity index (χ0) is 27.3. The molecule has 0 radical (unpaired) electrons. The molecule has 0 saturated carbocycles. The lowest BCUT2D eigenvalue weighted by atomic mass is 10.2. The predicted molar refractivity (Wildman–Crippen MR) is 129 cm³/mol. The third kappa shape index (κ3) is 11.0. The van der Waals surface area contributed by atoms with Gasteiger partial charge in [-0.05, 0) is 52.0 Å². The van der Waals surface area contributed by atoms with Gasteiger partial charge in [-0.25, -0.2) is 4.79 Å². The van der Waals surface area contributed by atoms with Gasteiger partial charge in [0.1, 0.15) is 5.56 Å². The van der Waals surface area contributed by atoms with Gasteiger partial charge in [-0.3, -0.25) is 4.55 Å². The summed E-state index contributed by atoms with van der Waals surface area (Å²) in [5, 5.41) is 20.6. The number of morpholine rings is 1. The standard InChI is InChI=1S/C16H25NO3.C7H6O6S.N2/c1-12(2)19-15-11-18-16(20-13(3)4)10-17(15)14-8-6-5-7-9-14;8-7(9)5-3-1-2-4-6(5)13-14(10,11)12;1-2/h5-9,12-13,15-16H,10-11H2,1-4H3;1-4H,(H,8,9)(H,10,11,12);. The van der Waals surface area contributed by atoms with Crippen molar-refractivity contribution in [1.29, 1.82) is 10.8 Å². The van der Waals surface area contributed by atoms with Crippen molar-refractivity contribution in [2.24, 2.45) is 0 Å². The van der Waals surface area contributed by atoms with Gasteiger partial charge in [0.05, 0.1) is 25.4 Å². The number of hydrogen-bond acceptors (Lipinski definition) is 10. The van der Waals surface area contributed by atoms with Gasteiger partial charge in [-0.2, -0.15) is 8.42 Å². The molecule has 2 unspecified atom stereocenters. The number of carboxylic acid groups (broad SMARTS) is 1. The molecule has 2 N–H and O–H groups in total. The number of anilines is 1. The number of ether oxygens (including phenoxy) is 3. The van der Waals surface area contributed by atoms with E-state index in [0.29, 0.717) is 13.2 Å². The monoisotopic (exact) mass is 525 g/mol. The maximum Gasteiger partial charge on any atom is 0.446 e. The van der Waals surface area contributed by atoms with E-state index < -0.39 is 22.1 Å². The fraction of sp³-hybridized carbons (Fsp3) is 0.435. The van der Waals surface area contributed by atoms with Crippen molar-refractivity contribution >= 4 is 22.1 Å². The SMILES string of the molecule is CC(C)OC1CN(c2ccccc2)C(OC(C)C)CO1.N#N.O=C(O)c1ccccc1OS(=O)(=O)O. The van der Waals surface area contributed by atoms with E-state index in [2.05, 4.69) is 21.2 Å². The fourth-order valence-corrected chi connectivity index (χ4v) is 3.52. The van der Waals surface area contributed by atoms with Gasteiger partial charge >= 0.3 is 16.4 Å². The highest BCUT2D eigenvalue weighted by atomic mass is 32.3. The van der Waals surface area contributed by atoms with E-state index in [4.69, 9.17) is 34.7 Å². The Bertz CT molecular complexity index is 1060. The highest BCUT2D eigenvalue weighted by Crippen LogP contribution is 2.24. The lowest BCUT2D eigenvalue weighted by molar-refractivity contribution is -0.200. The zero-order valence-electron chi connectivity index (χ0n) is 20.4. The van der Waals surface area contributed by atoms with Crippen LogP contribution in [0.15, 0.2) is 54.6 Å². The van der Waals surface area contributed by atoms with Crippen molar-refractivity contribution in [1.82, 2.24) is 0 Å². The van der Waals surface area contributed by atoms with Crippen molar-refractivity contribution in [3.05, 3.63) is 60.2 Å². The van der Waals surface area contributed by atoms with Crippen LogP contribution >= 0.6 is 0 Å². The van der Waals surface area contributed by atoms with Crippen molar-refractivity contribution < 1.29 is 41.3 Å². The van der Waals surface area contributed by atoms with Crippen LogP contribution < -0.4 is 9.08 Å². The number of nitrogens with zero attached hydrogens (tertiary/aromatic N) is 3. The highest BCUT2D eigenvalue weighted by molar-refractivity contribution is 7.81. The molecule has 0 bridgehead atoms. The average molecular weight is 526 g/mol. The summed E-state index contributed by atoms with van der Waals surface area (Å²) in [6, 6.07) is 15.3. The number of carbonyl (C=O) groups is 1. The van der Waals surface area contributed by atoms with E-state index >= 15 is 0 Å². The first-order valence-corrected chi connectivity index (χ1v) is 12.3. The second-order valence-electron chi connectivity index (χ2n) is 7.89. The second-order valence-corrected chi connectivity index (χ2v) is 8.91. The van der Waals surface area contributed by atoms with Gasteiger partial charge in [0.2, 0.25) is 0 Å². The Hall–Kier alpha value is -3.28. The Morgan fingerprint density at radius 2 is 1.56 bits per heavy atom. The minimum absolute atomic E-state index is 0.0654. The van der Waals surface area contributed by atoms with E-state index in [1.54, 1.807) is 0 Å². The number of hydrogen-bond donors (Lipinski definition) is 2. The highest BCUT2D eigenvalue weighted by Gasteiger charge is 2.31. The van der Waals surface area contributed by atoms with Crippen LogP contribution in [0.4, 0.5) is 5.69 Å². The summed E-state index contributed by atoms with van der Waals surface area (Å²) in [5.41, 5.74) is 0.795. The van der Waals surface area contributed by atoms with Crippen LogP contribution in [0.1, 0.15) is 38.1 Å². The molecule has 0 aromatic heterocycles. The van der Waals surface area contributed by atoms with Crippen LogP contribution in [0.5, 0.6) is 5.75 Å². The minimum Gasteiger partial charge on any atom is -0.478 e. The number of carboxylic acids is 1. The quantitative estimate of drug-likeness (QED) is 0.378. The molecular weight excluding hydrogens is 494 g/mol. The lowest BCUT2D eigenvalue weighted by Crippen LogP contribution is -2.53. The summed E-state index contributed by atoms with van der Waals surface area (Å²) >= 11 is 0. The molecular formula is C23H31N3O9S. The molecule has 3 rings (SSSR count). The molecule has 0 amide bonds. The van der Waals surface area contributed by atoms with Crippen LogP contribution in [0.3, 0.4) is 0 Å². The Morgan fingerprint density at radius 1 is 1.00 bits per heavy atom. The van der Waals surface area contributed by atoms with E-state index in [-0.39, 0.29) is 30.3 Å². The summed E-state index contributed by atoms with van der Waals surface area (Å²) in [6.07, 6.45) is 0.0456. The minimum atomic E-state index is -4.70. The summed E-state index contributed by atoms with van der Waals surface area (Å²) in [6.45, 7) is 9.32. The van der Waals surface area contributed by atoms with Crippen LogP contribution in [0, 0.1) is 10.8 Å². The molecule has 36 heavy (non-hydrogen) atoms. The molecule has 1 fully saturated rings. The van der Waals surface area contributed by atoms with Gasteiger partial charge in [0, 0.05) is 16.5 Å². The maximum absolute atomic E-state index is 10.6. The molecule has 198 valence electrons. The van der Waals surface area contributed by atoms with E-state index in [9.17, 15) is 13.2 Å². The Balaban J connectivity index is 0.000000356. The lowest BCUT2D eigenvalue weighted by Gasteiger charge is -2.41. The van der Waals surface area contributed by atoms with Crippen LogP contribution in [0.25, 0.3) is 0 Å². The third-order valence-electron chi connectivity index (χ3n) is 4.37. The summed E-state index contributed by atoms with van der Waals surface area (Å²) < 4.78 is 50.5. The topological polar surface area (TPSA) is 179 Å². The van der Waals surface area contributed by atoms with Gasteiger partial charge in [-0.1, -0.05) is 30.3 Å². The smallest absolute Gasteiger partial charge is 0.446 e. The van der Waals surface area contributed by atoms with Crippen LogP contribution in [0.2, 0.25) is 0 Å². The number of para-hydroxylation sites is 2. The van der Waals surface area contributed by atoms with Gasteiger partial charge in [0.25, 0.3) is 0 Å². The molecule has 1 aliphatic heterocycles. The normalized spacial score (nSPS) is 17.4. The molecule has 2 aromatic rings. The second kappa shape index (κ2) is 15.0. The fourth-order valence-electron chi connectivity index (χ4n) is 3.14. The van der Waals surface area contributed by atoms with Crippen molar-refractivity contribution in [3.63, 3.8) is 0 Å². The molecule has 2 aromatic carbocycles. The summed E-state index contributed by atoms with van der Waals surface area (Å²) in [5.74, 6) is -1.77. The molecule has 0 spiro atoms. The third-order valence-corrected chi connectivity index (χ3v) is 4.76. The molecule has 1 aliphatic rings. The van der Waals surface area contributed by atoms with Gasteiger partial charge in [-0.15, -0.1) is 0 Å². The van der Waals surface area contributed by atoms with E-state index in [1.807, 2.05) is 45.9 Å². The van der Waals surface area contributed by atoms with E-state index in [1.165, 1.54) is 12.1 Å². The van der Waals surface area contributed by atoms with Gasteiger partial charge < -0.3 is 28.4 Å². The van der Waals surface area contributed by atoms with Crippen molar-refractivity contribution in [2.75, 3.05) is 18.1 Å². The number of benzene rings is 2. The zero-order valence-corrected chi connectivity index (χ0v) is 21.2. The van der Waals surface area contributed by atoms with Crippen LogP contribution in [-0.4, -0.2) is 61.9 Å². The average Bonchev–Trinajstić information content (AvgIpc) is 2.81. The molecule has 12 nitrogen and oxygen atoms in total. The molecule has 0 aliphatic carbocycles. The Morgan fingerprint density at radius 3 is 2.08 bits per heavy atom. The first-order valence-electron chi connectivity index (χ1n) is 10.9. The van der Waals surface area contributed by atoms with Crippen molar-refractivity contribution in [3.8, 4) is 5.75 Å². The number of rotatable bonds is 8. The molecule has 1 heterocycles. The van der Waals surface area contributed by atoms with E-state index in [0.717, 1.165) is 17.8 Å². The number of aromatic carboxylic acids is 1. The Labute approximate surface area is 210 Å². The largest absolute Gasteiger partial charge is 0.478 e. The van der Waals surface area contributed by atoms with Crippen LogP contribution in [-0.2, 0) is 24.6 Å². The van der Waals surface area contributed by atoms with Gasteiger partial charge in [0.15, 0.2) is 18.3 Å². The molecule has 13 heteroatoms. The predicted octanol–water partition coefficient (Wildman–Crippen LogP) is 3.62. The summed E-state index contributed by atoms with van der Waals surface area (Å²) in [4.78, 5) is 12.8. The first kappa shape index (κ1) is 30.8. The first-order chi connectivity index (χ1) is 17.0. The van der Waals surface area contributed by atoms with Crippen molar-refractivity contribution in [2.45, 2.75) is 52.4 Å². The maximum atomic E-state index is 10.6. The molecule has 2 atom stereocenters.